The summed E-state index contributed by atoms with van der Waals surface area (Å²) in [6, 6.07) is 9.36. The number of furan rings is 1. The van der Waals surface area contributed by atoms with Crippen molar-refractivity contribution in [3.05, 3.63) is 52.4 Å². The Morgan fingerprint density at radius 3 is 2.44 bits per heavy atom. The summed E-state index contributed by atoms with van der Waals surface area (Å²) in [6.45, 7) is 3.85. The second-order valence-electron chi connectivity index (χ2n) is 3.60. The van der Waals surface area contributed by atoms with E-state index in [0.717, 1.165) is 22.8 Å². The molecule has 0 amide bonds. The van der Waals surface area contributed by atoms with Crippen molar-refractivity contribution in [3.8, 4) is 0 Å². The van der Waals surface area contributed by atoms with Gasteiger partial charge in [0.25, 0.3) is 0 Å². The third-order valence-corrected chi connectivity index (χ3v) is 2.51. The van der Waals surface area contributed by atoms with Crippen LogP contribution in [0.5, 0.6) is 0 Å². The van der Waals surface area contributed by atoms with Crippen molar-refractivity contribution in [1.82, 2.24) is 0 Å². The van der Waals surface area contributed by atoms with Crippen molar-refractivity contribution in [2.24, 2.45) is 4.99 Å². The molecule has 0 N–H and O–H groups in total. The quantitative estimate of drug-likeness (QED) is 0.710. The van der Waals surface area contributed by atoms with Crippen molar-refractivity contribution >= 4 is 23.5 Å². The van der Waals surface area contributed by atoms with Crippen molar-refractivity contribution < 1.29 is 4.42 Å². The maximum absolute atomic E-state index is 5.79. The number of hydrogen-bond donors (Lipinski definition) is 0. The van der Waals surface area contributed by atoms with Gasteiger partial charge >= 0.3 is 0 Å². The molecule has 0 radical (unpaired) electrons. The molecule has 0 fully saturated rings. The number of rotatable bonds is 2. The molecule has 16 heavy (non-hydrogen) atoms. The first-order chi connectivity index (χ1) is 7.65. The van der Waals surface area contributed by atoms with Crippen LogP contribution in [0.15, 0.2) is 39.7 Å². The van der Waals surface area contributed by atoms with Gasteiger partial charge < -0.3 is 4.42 Å². The Hall–Kier alpha value is -1.54. The lowest BCUT2D eigenvalue weighted by Gasteiger charge is -1.93. The van der Waals surface area contributed by atoms with E-state index in [-0.39, 0.29) is 0 Å². The van der Waals surface area contributed by atoms with Crippen molar-refractivity contribution in [2.45, 2.75) is 13.8 Å². The van der Waals surface area contributed by atoms with Gasteiger partial charge in [-0.3, -0.25) is 4.99 Å². The molecule has 3 heteroatoms. The maximum atomic E-state index is 5.79. The number of aryl methyl sites for hydroxylation is 2. The third-order valence-electron chi connectivity index (χ3n) is 2.26. The minimum Gasteiger partial charge on any atom is -0.466 e. The van der Waals surface area contributed by atoms with Crippen LogP contribution in [-0.4, -0.2) is 6.21 Å². The second-order valence-corrected chi connectivity index (χ2v) is 4.04. The van der Waals surface area contributed by atoms with Crippen LogP contribution in [0, 0.1) is 13.8 Å². The molecule has 2 aromatic rings. The molecule has 1 heterocycles. The van der Waals surface area contributed by atoms with E-state index in [1.807, 2.05) is 44.2 Å². The first-order valence-electron chi connectivity index (χ1n) is 5.02. The molecule has 1 aromatic carbocycles. The Bertz CT molecular complexity index is 511. The summed E-state index contributed by atoms with van der Waals surface area (Å²) in [5, 5.41) is 0.717. The second kappa shape index (κ2) is 4.54. The Morgan fingerprint density at radius 1 is 1.19 bits per heavy atom. The van der Waals surface area contributed by atoms with Crippen LogP contribution in [-0.2, 0) is 0 Å². The highest BCUT2D eigenvalue weighted by Crippen LogP contribution is 2.17. The summed E-state index contributed by atoms with van der Waals surface area (Å²) < 4.78 is 5.41. The Kier molecular flexibility index (Phi) is 3.11. The molecule has 0 bridgehead atoms. The molecule has 0 atom stereocenters. The minimum absolute atomic E-state index is 0.717. The van der Waals surface area contributed by atoms with Gasteiger partial charge in [0.1, 0.15) is 11.5 Å². The topological polar surface area (TPSA) is 25.5 Å². The monoisotopic (exact) mass is 233 g/mol. The first kappa shape index (κ1) is 11.0. The van der Waals surface area contributed by atoms with E-state index in [4.69, 9.17) is 16.0 Å². The number of aliphatic imine (C=N–C) groups is 1. The fourth-order valence-electron chi connectivity index (χ4n) is 1.45. The molecule has 82 valence electrons. The predicted octanol–water partition coefficient (Wildman–Crippen LogP) is 4.30. The van der Waals surface area contributed by atoms with Crippen molar-refractivity contribution in [1.29, 1.82) is 0 Å². The van der Waals surface area contributed by atoms with Crippen LogP contribution in [0.1, 0.15) is 17.1 Å². The fourth-order valence-corrected chi connectivity index (χ4v) is 1.58. The molecule has 0 aliphatic rings. The summed E-state index contributed by atoms with van der Waals surface area (Å²) >= 11 is 5.79. The number of halogens is 1. The number of nitrogens with zero attached hydrogens (tertiary/aromatic N) is 1. The summed E-state index contributed by atoms with van der Waals surface area (Å²) in [7, 11) is 0. The van der Waals surface area contributed by atoms with Crippen molar-refractivity contribution in [3.63, 3.8) is 0 Å². The zero-order valence-corrected chi connectivity index (χ0v) is 9.95. The first-order valence-corrected chi connectivity index (χ1v) is 5.39. The molecule has 0 aliphatic heterocycles. The molecule has 2 nitrogen and oxygen atoms in total. The van der Waals surface area contributed by atoms with Crippen LogP contribution in [0.25, 0.3) is 0 Å². The fraction of sp³-hybridized carbons (Fsp3) is 0.154. The summed E-state index contributed by atoms with van der Waals surface area (Å²) in [4.78, 5) is 4.35. The molecular weight excluding hydrogens is 222 g/mol. The average molecular weight is 234 g/mol. The van der Waals surface area contributed by atoms with Gasteiger partial charge in [-0.2, -0.15) is 0 Å². The normalized spacial score (nSPS) is 11.2. The lowest BCUT2D eigenvalue weighted by Crippen LogP contribution is -1.78. The smallest absolute Gasteiger partial charge is 0.109 e. The largest absolute Gasteiger partial charge is 0.466 e. The third kappa shape index (κ3) is 2.52. The van der Waals surface area contributed by atoms with Gasteiger partial charge in [0.05, 0.1) is 5.69 Å². The van der Waals surface area contributed by atoms with E-state index in [2.05, 4.69) is 4.99 Å². The molecule has 1 aromatic heterocycles. The minimum atomic E-state index is 0.717. The summed E-state index contributed by atoms with van der Waals surface area (Å²) in [6.07, 6.45) is 1.80. The van der Waals surface area contributed by atoms with E-state index in [1.165, 1.54) is 0 Å². The lowest BCUT2D eigenvalue weighted by atomic mass is 10.2. The average Bonchev–Trinajstić information content (AvgIpc) is 2.57. The Morgan fingerprint density at radius 2 is 1.88 bits per heavy atom. The Balaban J connectivity index is 2.21. The van der Waals surface area contributed by atoms with E-state index < -0.39 is 0 Å². The van der Waals surface area contributed by atoms with E-state index >= 15 is 0 Å². The van der Waals surface area contributed by atoms with Gasteiger partial charge in [-0.05, 0) is 44.2 Å². The Labute approximate surface area is 99.6 Å². The highest BCUT2D eigenvalue weighted by atomic mass is 35.5. The molecule has 2 rings (SSSR count). The van der Waals surface area contributed by atoms with Crippen LogP contribution in [0.2, 0.25) is 5.02 Å². The maximum Gasteiger partial charge on any atom is 0.109 e. The standard InChI is InChI=1S/C13H12ClNO/c1-9-7-11(10(2)16-9)8-15-13-5-3-12(14)4-6-13/h3-8H,1-2H3. The molecule has 0 aliphatic carbocycles. The van der Waals surface area contributed by atoms with Crippen LogP contribution in [0.3, 0.4) is 0 Å². The van der Waals surface area contributed by atoms with Gasteiger partial charge in [-0.1, -0.05) is 11.6 Å². The summed E-state index contributed by atoms with van der Waals surface area (Å²) in [5.74, 6) is 1.78. The summed E-state index contributed by atoms with van der Waals surface area (Å²) in [5.41, 5.74) is 1.88. The molecule has 0 saturated heterocycles. The van der Waals surface area contributed by atoms with E-state index in [9.17, 15) is 0 Å². The van der Waals surface area contributed by atoms with Crippen LogP contribution >= 0.6 is 11.6 Å². The van der Waals surface area contributed by atoms with Gasteiger partial charge in [0.15, 0.2) is 0 Å². The highest BCUT2D eigenvalue weighted by Gasteiger charge is 2.00. The van der Waals surface area contributed by atoms with Crippen LogP contribution in [0.4, 0.5) is 5.69 Å². The molecule has 0 unspecified atom stereocenters. The zero-order valence-electron chi connectivity index (χ0n) is 9.20. The van der Waals surface area contributed by atoms with Crippen LogP contribution < -0.4 is 0 Å². The van der Waals surface area contributed by atoms with Gasteiger partial charge in [0, 0.05) is 16.8 Å². The highest BCUT2D eigenvalue weighted by molar-refractivity contribution is 6.30. The lowest BCUT2D eigenvalue weighted by molar-refractivity contribution is 0.504. The van der Waals surface area contributed by atoms with E-state index in [1.54, 1.807) is 6.21 Å². The zero-order chi connectivity index (χ0) is 11.5. The number of hydrogen-bond acceptors (Lipinski definition) is 2. The molecule has 0 saturated carbocycles. The number of benzene rings is 1. The predicted molar refractivity (Wildman–Crippen MR) is 66.9 cm³/mol. The van der Waals surface area contributed by atoms with Crippen molar-refractivity contribution in [2.75, 3.05) is 0 Å². The SMILES string of the molecule is Cc1cc(C=Nc2ccc(Cl)cc2)c(C)o1. The molecular formula is C13H12ClNO. The van der Waals surface area contributed by atoms with Gasteiger partial charge in [-0.15, -0.1) is 0 Å². The van der Waals surface area contributed by atoms with Gasteiger partial charge in [-0.25, -0.2) is 0 Å². The molecule has 0 spiro atoms. The van der Waals surface area contributed by atoms with Gasteiger partial charge in [0.2, 0.25) is 0 Å². The van der Waals surface area contributed by atoms with E-state index in [0.29, 0.717) is 5.02 Å².